The largest absolute Gasteiger partial charge is 0.326 e. The molecule has 0 saturated heterocycles. The second-order valence-corrected chi connectivity index (χ2v) is 3.59. The van der Waals surface area contributed by atoms with Gasteiger partial charge in [-0.25, -0.2) is 0 Å². The highest BCUT2D eigenvalue weighted by atomic mass is 35.5. The van der Waals surface area contributed by atoms with Gasteiger partial charge >= 0.3 is 0 Å². The van der Waals surface area contributed by atoms with Crippen molar-refractivity contribution < 1.29 is 0 Å². The van der Waals surface area contributed by atoms with Crippen molar-refractivity contribution in [1.29, 1.82) is 0 Å². The summed E-state index contributed by atoms with van der Waals surface area (Å²) in [4.78, 5) is 0. The Balaban J connectivity index is 2.53. The molecule has 0 heterocycles. The molecule has 1 atom stereocenters. The topological polar surface area (TPSA) is 38.0 Å². The molecule has 1 aromatic rings. The van der Waals surface area contributed by atoms with Crippen LogP contribution in [0.1, 0.15) is 5.56 Å². The maximum absolute atomic E-state index is 5.86. The van der Waals surface area contributed by atoms with Gasteiger partial charge in [-0.05, 0) is 31.2 Å². The first kappa shape index (κ1) is 10.5. The van der Waals surface area contributed by atoms with Crippen LogP contribution in [0.4, 0.5) is 0 Å². The summed E-state index contributed by atoms with van der Waals surface area (Å²) >= 11 is 5.85. The van der Waals surface area contributed by atoms with E-state index >= 15 is 0 Å². The maximum Gasteiger partial charge on any atom is 0.0408 e. The van der Waals surface area contributed by atoms with E-state index < -0.39 is 0 Å². The summed E-state index contributed by atoms with van der Waals surface area (Å²) in [5.74, 6) is 0. The predicted octanol–water partition coefficient (Wildman–Crippen LogP) is 1.43. The summed E-state index contributed by atoms with van der Waals surface area (Å²) in [6.07, 6.45) is 0.862. The highest BCUT2D eigenvalue weighted by Gasteiger charge is 2.02. The zero-order valence-electron chi connectivity index (χ0n) is 7.76. The molecule has 13 heavy (non-hydrogen) atoms. The Hall–Kier alpha value is -0.570. The van der Waals surface area contributed by atoms with Gasteiger partial charge in [-0.15, -0.1) is 0 Å². The Bertz CT molecular complexity index is 263. The quantitative estimate of drug-likeness (QED) is 0.768. The summed E-state index contributed by atoms with van der Waals surface area (Å²) in [6, 6.07) is 7.97. The molecule has 3 heteroatoms. The number of likely N-dealkylation sites (N-methyl/N-ethyl adjacent to an activating group) is 1. The number of rotatable bonds is 4. The van der Waals surface area contributed by atoms with Gasteiger partial charge in [0.1, 0.15) is 0 Å². The van der Waals surface area contributed by atoms with E-state index in [1.807, 2.05) is 31.3 Å². The van der Waals surface area contributed by atoms with Crippen LogP contribution < -0.4 is 11.1 Å². The molecule has 0 aliphatic heterocycles. The zero-order valence-corrected chi connectivity index (χ0v) is 8.51. The minimum Gasteiger partial charge on any atom is -0.326 e. The van der Waals surface area contributed by atoms with E-state index in [1.165, 1.54) is 5.56 Å². The van der Waals surface area contributed by atoms with E-state index in [2.05, 4.69) is 5.32 Å². The Kier molecular flexibility index (Phi) is 4.22. The minimum absolute atomic E-state index is 0.156. The summed E-state index contributed by atoms with van der Waals surface area (Å²) < 4.78 is 0. The number of halogens is 1. The fraction of sp³-hybridized carbons (Fsp3) is 0.400. The average Bonchev–Trinajstić information content (AvgIpc) is 2.04. The molecule has 0 bridgehead atoms. The van der Waals surface area contributed by atoms with E-state index in [-0.39, 0.29) is 6.04 Å². The fourth-order valence-electron chi connectivity index (χ4n) is 1.30. The molecular formula is C10H15ClN2. The lowest BCUT2D eigenvalue weighted by molar-refractivity contribution is 0.616. The van der Waals surface area contributed by atoms with Crippen molar-refractivity contribution in [2.75, 3.05) is 13.6 Å². The van der Waals surface area contributed by atoms with Crippen molar-refractivity contribution in [3.05, 3.63) is 34.9 Å². The van der Waals surface area contributed by atoms with Crippen LogP contribution in [0.25, 0.3) is 0 Å². The lowest BCUT2D eigenvalue weighted by atomic mass is 10.1. The van der Waals surface area contributed by atoms with Crippen LogP contribution in [-0.4, -0.2) is 19.6 Å². The molecule has 0 amide bonds. The Morgan fingerprint density at radius 2 is 2.31 bits per heavy atom. The van der Waals surface area contributed by atoms with Crippen molar-refractivity contribution in [1.82, 2.24) is 5.32 Å². The normalized spacial score (nSPS) is 12.8. The van der Waals surface area contributed by atoms with Crippen LogP contribution in [0.3, 0.4) is 0 Å². The Morgan fingerprint density at radius 1 is 1.54 bits per heavy atom. The molecule has 72 valence electrons. The van der Waals surface area contributed by atoms with Crippen molar-refractivity contribution in [3.63, 3.8) is 0 Å². The van der Waals surface area contributed by atoms with Gasteiger partial charge in [0.05, 0.1) is 0 Å². The van der Waals surface area contributed by atoms with Gasteiger partial charge in [0, 0.05) is 17.6 Å². The van der Waals surface area contributed by atoms with Gasteiger partial charge in [-0.2, -0.15) is 0 Å². The summed E-state index contributed by atoms with van der Waals surface area (Å²) in [6.45, 7) is 0.826. The molecule has 3 N–H and O–H groups in total. The zero-order chi connectivity index (χ0) is 9.68. The SMILES string of the molecule is CNCC(N)Cc1cccc(Cl)c1. The third-order valence-corrected chi connectivity index (χ3v) is 2.09. The summed E-state index contributed by atoms with van der Waals surface area (Å²) in [5.41, 5.74) is 7.05. The molecule has 0 aromatic heterocycles. The van der Waals surface area contributed by atoms with Crippen molar-refractivity contribution >= 4 is 11.6 Å². The smallest absolute Gasteiger partial charge is 0.0408 e. The van der Waals surface area contributed by atoms with Gasteiger partial charge in [-0.3, -0.25) is 0 Å². The number of benzene rings is 1. The fourth-order valence-corrected chi connectivity index (χ4v) is 1.51. The molecular weight excluding hydrogens is 184 g/mol. The van der Waals surface area contributed by atoms with Gasteiger partial charge < -0.3 is 11.1 Å². The first-order valence-electron chi connectivity index (χ1n) is 4.37. The minimum atomic E-state index is 0.156. The van der Waals surface area contributed by atoms with Crippen molar-refractivity contribution in [2.45, 2.75) is 12.5 Å². The molecule has 0 saturated carbocycles. The first-order valence-corrected chi connectivity index (χ1v) is 4.75. The number of hydrogen-bond donors (Lipinski definition) is 2. The Morgan fingerprint density at radius 3 is 2.92 bits per heavy atom. The molecule has 0 radical (unpaired) electrons. The molecule has 0 aliphatic carbocycles. The Labute approximate surface area is 84.1 Å². The van der Waals surface area contributed by atoms with Crippen LogP contribution in [0.15, 0.2) is 24.3 Å². The highest BCUT2D eigenvalue weighted by Crippen LogP contribution is 2.11. The third kappa shape index (κ3) is 3.77. The standard InChI is InChI=1S/C10H15ClN2/c1-13-7-10(12)6-8-3-2-4-9(11)5-8/h2-5,10,13H,6-7,12H2,1H3. The average molecular weight is 199 g/mol. The van der Waals surface area contributed by atoms with Crippen LogP contribution in [0, 0.1) is 0 Å². The lowest BCUT2D eigenvalue weighted by Crippen LogP contribution is -2.33. The predicted molar refractivity (Wildman–Crippen MR) is 57.1 cm³/mol. The van der Waals surface area contributed by atoms with Crippen LogP contribution in [-0.2, 0) is 6.42 Å². The molecule has 1 rings (SSSR count). The van der Waals surface area contributed by atoms with E-state index in [0.717, 1.165) is 18.0 Å². The van der Waals surface area contributed by atoms with Gasteiger partial charge in [0.2, 0.25) is 0 Å². The van der Waals surface area contributed by atoms with E-state index in [1.54, 1.807) is 0 Å². The van der Waals surface area contributed by atoms with E-state index in [4.69, 9.17) is 17.3 Å². The van der Waals surface area contributed by atoms with Crippen molar-refractivity contribution in [2.24, 2.45) is 5.73 Å². The molecule has 2 nitrogen and oxygen atoms in total. The second-order valence-electron chi connectivity index (χ2n) is 3.15. The molecule has 0 spiro atoms. The van der Waals surface area contributed by atoms with E-state index in [0.29, 0.717) is 0 Å². The molecule has 0 aliphatic rings. The summed E-state index contributed by atoms with van der Waals surface area (Å²) in [5, 5.41) is 3.82. The lowest BCUT2D eigenvalue weighted by Gasteiger charge is -2.10. The van der Waals surface area contributed by atoms with Gasteiger partial charge in [0.15, 0.2) is 0 Å². The summed E-state index contributed by atoms with van der Waals surface area (Å²) in [7, 11) is 1.90. The number of nitrogens with two attached hydrogens (primary N) is 1. The number of hydrogen-bond acceptors (Lipinski definition) is 2. The van der Waals surface area contributed by atoms with Gasteiger partial charge in [0.25, 0.3) is 0 Å². The van der Waals surface area contributed by atoms with Gasteiger partial charge in [-0.1, -0.05) is 23.7 Å². The molecule has 1 unspecified atom stereocenters. The molecule has 0 fully saturated rings. The third-order valence-electron chi connectivity index (χ3n) is 1.85. The first-order chi connectivity index (χ1) is 6.22. The molecule has 1 aromatic carbocycles. The number of nitrogens with one attached hydrogen (secondary N) is 1. The van der Waals surface area contributed by atoms with Crippen molar-refractivity contribution in [3.8, 4) is 0 Å². The monoisotopic (exact) mass is 198 g/mol. The van der Waals surface area contributed by atoms with E-state index in [9.17, 15) is 0 Å². The second kappa shape index (κ2) is 5.22. The van der Waals surface area contributed by atoms with Crippen LogP contribution in [0.2, 0.25) is 5.02 Å². The van der Waals surface area contributed by atoms with Crippen LogP contribution >= 0.6 is 11.6 Å². The maximum atomic E-state index is 5.86. The highest BCUT2D eigenvalue weighted by molar-refractivity contribution is 6.30. The van der Waals surface area contributed by atoms with Crippen LogP contribution in [0.5, 0.6) is 0 Å².